The third kappa shape index (κ3) is 5.12. The summed E-state index contributed by atoms with van der Waals surface area (Å²) in [6, 6.07) is 6.55. The molecule has 1 unspecified atom stereocenters. The van der Waals surface area contributed by atoms with Crippen LogP contribution in [-0.2, 0) is 0 Å². The summed E-state index contributed by atoms with van der Waals surface area (Å²) in [5.41, 5.74) is 0.959. The number of halogens is 2. The lowest BCUT2D eigenvalue weighted by Crippen LogP contribution is -2.38. The number of benzene rings is 1. The van der Waals surface area contributed by atoms with E-state index in [2.05, 4.69) is 10.1 Å². The molecule has 1 aromatic rings. The zero-order chi connectivity index (χ0) is 14.4. The molecule has 0 amide bonds. The van der Waals surface area contributed by atoms with E-state index in [-0.39, 0.29) is 24.4 Å². The van der Waals surface area contributed by atoms with E-state index in [0.29, 0.717) is 5.92 Å². The summed E-state index contributed by atoms with van der Waals surface area (Å²) in [7, 11) is 0. The van der Waals surface area contributed by atoms with Crippen LogP contribution in [0.1, 0.15) is 32.4 Å². The number of hydrogen-bond acceptors (Lipinski definition) is 3. The first-order chi connectivity index (χ1) is 8.93. The zero-order valence-corrected chi connectivity index (χ0v) is 11.4. The van der Waals surface area contributed by atoms with Crippen LogP contribution in [0, 0.1) is 5.92 Å². The molecule has 3 nitrogen and oxygen atoms in total. The van der Waals surface area contributed by atoms with Gasteiger partial charge in [-0.15, -0.1) is 0 Å². The Morgan fingerprint density at radius 2 is 1.74 bits per heavy atom. The van der Waals surface area contributed by atoms with Gasteiger partial charge in [-0.3, -0.25) is 0 Å². The zero-order valence-electron chi connectivity index (χ0n) is 11.4. The van der Waals surface area contributed by atoms with E-state index < -0.39 is 6.61 Å². The number of aliphatic hydroxyl groups is 1. The molecule has 2 N–H and O–H groups in total. The number of hydrogen-bond donors (Lipinski definition) is 2. The third-order valence-electron chi connectivity index (χ3n) is 3.07. The van der Waals surface area contributed by atoms with Gasteiger partial charge in [0.15, 0.2) is 0 Å². The second kappa shape index (κ2) is 7.40. The highest BCUT2D eigenvalue weighted by Crippen LogP contribution is 2.20. The number of nitrogens with one attached hydrogen (secondary N) is 1. The Bertz CT molecular complexity index is 368. The Morgan fingerprint density at radius 3 is 2.16 bits per heavy atom. The summed E-state index contributed by atoms with van der Waals surface area (Å²) in [5, 5.41) is 12.6. The monoisotopic (exact) mass is 273 g/mol. The highest BCUT2D eigenvalue weighted by molar-refractivity contribution is 5.29. The average Bonchev–Trinajstić information content (AvgIpc) is 2.35. The lowest BCUT2D eigenvalue weighted by atomic mass is 10.0. The smallest absolute Gasteiger partial charge is 0.387 e. The van der Waals surface area contributed by atoms with E-state index in [1.54, 1.807) is 12.1 Å². The van der Waals surface area contributed by atoms with Crippen molar-refractivity contribution in [1.29, 1.82) is 0 Å². The highest BCUT2D eigenvalue weighted by atomic mass is 19.3. The Morgan fingerprint density at radius 1 is 1.16 bits per heavy atom. The molecule has 1 rings (SSSR count). The van der Waals surface area contributed by atoms with Crippen LogP contribution in [0.25, 0.3) is 0 Å². The standard InChI is InChI=1S/C14H21F2NO2/c1-9(2)13(8-18)17-10(3)11-4-6-12(7-5-11)19-14(15)16/h4-7,9-10,13-14,17-18H,8H2,1-3H3/t10?,13-/m1/s1. The molecule has 2 atom stereocenters. The van der Waals surface area contributed by atoms with Gasteiger partial charge in [0.1, 0.15) is 5.75 Å². The van der Waals surface area contributed by atoms with E-state index >= 15 is 0 Å². The molecule has 0 aliphatic rings. The summed E-state index contributed by atoms with van der Waals surface area (Å²) in [6.45, 7) is 3.28. The van der Waals surface area contributed by atoms with Crippen molar-refractivity contribution < 1.29 is 18.6 Å². The van der Waals surface area contributed by atoms with Gasteiger partial charge in [0.05, 0.1) is 6.61 Å². The van der Waals surface area contributed by atoms with Crippen molar-refractivity contribution in [2.45, 2.75) is 39.5 Å². The van der Waals surface area contributed by atoms with E-state index in [9.17, 15) is 13.9 Å². The average molecular weight is 273 g/mol. The third-order valence-corrected chi connectivity index (χ3v) is 3.07. The lowest BCUT2D eigenvalue weighted by molar-refractivity contribution is -0.0498. The van der Waals surface area contributed by atoms with Gasteiger partial charge >= 0.3 is 6.61 Å². The first kappa shape index (κ1) is 15.9. The number of rotatable bonds is 7. The number of alkyl halides is 2. The van der Waals surface area contributed by atoms with Crippen LogP contribution >= 0.6 is 0 Å². The maximum Gasteiger partial charge on any atom is 0.387 e. The molecular weight excluding hydrogens is 252 g/mol. The van der Waals surface area contributed by atoms with Crippen LogP contribution < -0.4 is 10.1 Å². The summed E-state index contributed by atoms with van der Waals surface area (Å²) in [6.07, 6.45) is 0. The van der Waals surface area contributed by atoms with Crippen LogP contribution in [0.5, 0.6) is 5.75 Å². The largest absolute Gasteiger partial charge is 0.435 e. The van der Waals surface area contributed by atoms with Crippen LogP contribution in [-0.4, -0.2) is 24.4 Å². The predicted octanol–water partition coefficient (Wildman–Crippen LogP) is 2.96. The predicted molar refractivity (Wildman–Crippen MR) is 70.3 cm³/mol. The van der Waals surface area contributed by atoms with Crippen molar-refractivity contribution in [3.63, 3.8) is 0 Å². The Balaban J connectivity index is 2.64. The fourth-order valence-corrected chi connectivity index (χ4v) is 1.81. The minimum atomic E-state index is -2.80. The molecule has 0 aromatic heterocycles. The molecule has 0 aliphatic heterocycles. The van der Waals surface area contributed by atoms with Gasteiger partial charge in [0, 0.05) is 12.1 Å². The van der Waals surface area contributed by atoms with Gasteiger partial charge < -0.3 is 15.2 Å². The SMILES string of the molecule is CC(N[C@H](CO)C(C)C)c1ccc(OC(F)F)cc1. The van der Waals surface area contributed by atoms with E-state index in [1.165, 1.54) is 12.1 Å². The van der Waals surface area contributed by atoms with Crippen molar-refractivity contribution in [2.75, 3.05) is 6.61 Å². The molecule has 108 valence electrons. The molecule has 0 saturated heterocycles. The van der Waals surface area contributed by atoms with E-state index in [0.717, 1.165) is 5.56 Å². The molecule has 0 fully saturated rings. The first-order valence-electron chi connectivity index (χ1n) is 6.35. The fourth-order valence-electron chi connectivity index (χ4n) is 1.81. The molecule has 0 heterocycles. The normalized spacial score (nSPS) is 14.7. The van der Waals surface area contributed by atoms with Crippen molar-refractivity contribution in [3.8, 4) is 5.75 Å². The Hall–Kier alpha value is -1.20. The van der Waals surface area contributed by atoms with Crippen molar-refractivity contribution in [2.24, 2.45) is 5.92 Å². The summed E-state index contributed by atoms with van der Waals surface area (Å²) in [4.78, 5) is 0. The van der Waals surface area contributed by atoms with Gasteiger partial charge in [-0.25, -0.2) is 0 Å². The van der Waals surface area contributed by atoms with Crippen molar-refractivity contribution in [1.82, 2.24) is 5.32 Å². The molecule has 0 bridgehead atoms. The van der Waals surface area contributed by atoms with Gasteiger partial charge in [0.25, 0.3) is 0 Å². The first-order valence-corrected chi connectivity index (χ1v) is 6.35. The minimum absolute atomic E-state index is 0.00647. The second-order valence-electron chi connectivity index (χ2n) is 4.87. The molecule has 0 saturated carbocycles. The molecule has 1 aromatic carbocycles. The lowest BCUT2D eigenvalue weighted by Gasteiger charge is -2.25. The van der Waals surface area contributed by atoms with Gasteiger partial charge in [-0.05, 0) is 30.5 Å². The molecule has 5 heteroatoms. The fraction of sp³-hybridized carbons (Fsp3) is 0.571. The van der Waals surface area contributed by atoms with Crippen LogP contribution in [0.3, 0.4) is 0 Å². The van der Waals surface area contributed by atoms with Crippen LogP contribution in [0.15, 0.2) is 24.3 Å². The van der Waals surface area contributed by atoms with Gasteiger partial charge in [-0.1, -0.05) is 26.0 Å². The maximum absolute atomic E-state index is 12.0. The van der Waals surface area contributed by atoms with Crippen LogP contribution in [0.2, 0.25) is 0 Å². The number of aliphatic hydroxyl groups excluding tert-OH is 1. The van der Waals surface area contributed by atoms with Crippen LogP contribution in [0.4, 0.5) is 8.78 Å². The maximum atomic E-state index is 12.0. The molecule has 0 aliphatic carbocycles. The Kier molecular flexibility index (Phi) is 6.18. The molecule has 19 heavy (non-hydrogen) atoms. The highest BCUT2D eigenvalue weighted by Gasteiger charge is 2.16. The summed E-state index contributed by atoms with van der Waals surface area (Å²) >= 11 is 0. The molecule has 0 radical (unpaired) electrons. The minimum Gasteiger partial charge on any atom is -0.435 e. The quantitative estimate of drug-likeness (QED) is 0.802. The number of ether oxygens (including phenoxy) is 1. The van der Waals surface area contributed by atoms with Gasteiger partial charge in [0.2, 0.25) is 0 Å². The summed E-state index contributed by atoms with van der Waals surface area (Å²) < 4.78 is 28.3. The van der Waals surface area contributed by atoms with Crippen molar-refractivity contribution in [3.05, 3.63) is 29.8 Å². The molecular formula is C14H21F2NO2. The molecule has 0 spiro atoms. The summed E-state index contributed by atoms with van der Waals surface area (Å²) in [5.74, 6) is 0.461. The van der Waals surface area contributed by atoms with E-state index in [1.807, 2.05) is 20.8 Å². The second-order valence-corrected chi connectivity index (χ2v) is 4.87. The van der Waals surface area contributed by atoms with E-state index in [4.69, 9.17) is 0 Å². The topological polar surface area (TPSA) is 41.5 Å². The Labute approximate surface area is 112 Å². The van der Waals surface area contributed by atoms with Crippen molar-refractivity contribution >= 4 is 0 Å². The van der Waals surface area contributed by atoms with Gasteiger partial charge in [-0.2, -0.15) is 8.78 Å².